The number of nitrogens with one attached hydrogen (secondary N) is 1. The molecule has 2 aromatic carbocycles. The van der Waals surface area contributed by atoms with E-state index in [1.807, 2.05) is 48.5 Å². The van der Waals surface area contributed by atoms with E-state index < -0.39 is 5.97 Å². The van der Waals surface area contributed by atoms with Crippen LogP contribution >= 0.6 is 11.3 Å². The van der Waals surface area contributed by atoms with Gasteiger partial charge in [0.25, 0.3) is 0 Å². The Morgan fingerprint density at radius 3 is 2.61 bits per heavy atom. The molecule has 2 aromatic heterocycles. The molecule has 4 rings (SSSR count). The highest BCUT2D eigenvalue weighted by Crippen LogP contribution is 2.26. The molecule has 0 spiro atoms. The highest BCUT2D eigenvalue weighted by atomic mass is 32.1. The molecular formula is C21H18N6O3S. The number of ether oxygens (including phenoxy) is 2. The molecule has 0 saturated carbocycles. The van der Waals surface area contributed by atoms with Gasteiger partial charge in [0.2, 0.25) is 11.9 Å². The summed E-state index contributed by atoms with van der Waals surface area (Å²) in [6.07, 6.45) is 0. The molecule has 0 radical (unpaired) electrons. The first-order valence-corrected chi connectivity index (χ1v) is 10.1. The number of para-hydroxylation sites is 2. The fraction of sp³-hybridized carbons (Fsp3) is 0.0952. The molecule has 0 unspecified atom stereocenters. The van der Waals surface area contributed by atoms with Crippen molar-refractivity contribution in [1.29, 1.82) is 0 Å². The molecule has 3 N–H and O–H groups in total. The zero-order valence-corrected chi connectivity index (χ0v) is 17.3. The monoisotopic (exact) mass is 434 g/mol. The van der Waals surface area contributed by atoms with Crippen LogP contribution in [0.15, 0.2) is 60.0 Å². The van der Waals surface area contributed by atoms with Crippen LogP contribution in [-0.4, -0.2) is 33.0 Å². The molecule has 0 aliphatic heterocycles. The third kappa shape index (κ3) is 4.93. The standard InChI is InChI=1S/C21H18N6O3S/c1-29-16-10-6-5-9-14(16)24-21-26-17(25-20(22)27-21)11-30-19(28)15-12-31-18(23-15)13-7-3-2-4-8-13/h2-10,12H,11H2,1H3,(H3,22,24,25,26,27). The lowest BCUT2D eigenvalue weighted by Crippen LogP contribution is -2.11. The molecule has 0 saturated heterocycles. The van der Waals surface area contributed by atoms with Crippen molar-refractivity contribution in [3.05, 3.63) is 71.5 Å². The largest absolute Gasteiger partial charge is 0.495 e. The van der Waals surface area contributed by atoms with Crippen LogP contribution < -0.4 is 15.8 Å². The van der Waals surface area contributed by atoms with Gasteiger partial charge >= 0.3 is 5.97 Å². The number of thiazole rings is 1. The van der Waals surface area contributed by atoms with Gasteiger partial charge in [-0.05, 0) is 12.1 Å². The van der Waals surface area contributed by atoms with Crippen LogP contribution in [0.2, 0.25) is 0 Å². The van der Waals surface area contributed by atoms with E-state index in [2.05, 4.69) is 25.3 Å². The molecule has 2 heterocycles. The second-order valence-electron chi connectivity index (χ2n) is 6.24. The molecular weight excluding hydrogens is 416 g/mol. The summed E-state index contributed by atoms with van der Waals surface area (Å²) in [7, 11) is 1.56. The van der Waals surface area contributed by atoms with Gasteiger partial charge in [-0.1, -0.05) is 42.5 Å². The maximum Gasteiger partial charge on any atom is 0.358 e. The predicted molar refractivity (Wildman–Crippen MR) is 117 cm³/mol. The molecule has 156 valence electrons. The number of rotatable bonds is 7. The number of nitrogens with two attached hydrogens (primary N) is 1. The van der Waals surface area contributed by atoms with Gasteiger partial charge in [-0.2, -0.15) is 15.0 Å². The lowest BCUT2D eigenvalue weighted by atomic mass is 10.2. The highest BCUT2D eigenvalue weighted by molar-refractivity contribution is 7.13. The third-order valence-electron chi connectivity index (χ3n) is 4.12. The van der Waals surface area contributed by atoms with Crippen LogP contribution in [-0.2, 0) is 11.3 Å². The zero-order chi connectivity index (χ0) is 21.6. The normalized spacial score (nSPS) is 10.5. The van der Waals surface area contributed by atoms with Gasteiger partial charge in [-0.3, -0.25) is 0 Å². The van der Waals surface area contributed by atoms with Gasteiger partial charge in [-0.15, -0.1) is 11.3 Å². The minimum absolute atomic E-state index is 0.00142. The number of carbonyl (C=O) groups is 1. The molecule has 31 heavy (non-hydrogen) atoms. The van der Waals surface area contributed by atoms with E-state index in [1.54, 1.807) is 18.6 Å². The maximum atomic E-state index is 12.4. The summed E-state index contributed by atoms with van der Waals surface area (Å²) >= 11 is 1.37. The summed E-state index contributed by atoms with van der Waals surface area (Å²) in [5, 5.41) is 5.42. The zero-order valence-electron chi connectivity index (χ0n) is 16.5. The van der Waals surface area contributed by atoms with Crippen molar-refractivity contribution >= 4 is 34.9 Å². The predicted octanol–water partition coefficient (Wildman–Crippen LogP) is 3.69. The Kier molecular flexibility index (Phi) is 5.99. The smallest absolute Gasteiger partial charge is 0.358 e. The van der Waals surface area contributed by atoms with Gasteiger partial charge in [0.1, 0.15) is 10.8 Å². The van der Waals surface area contributed by atoms with Crippen LogP contribution in [0.1, 0.15) is 16.3 Å². The van der Waals surface area contributed by atoms with Crippen molar-refractivity contribution in [2.75, 3.05) is 18.2 Å². The number of anilines is 3. The Hall–Kier alpha value is -4.05. The average Bonchev–Trinajstić information content (AvgIpc) is 3.29. The fourth-order valence-corrected chi connectivity index (χ4v) is 3.51. The van der Waals surface area contributed by atoms with Crippen molar-refractivity contribution in [3.8, 4) is 16.3 Å². The first-order chi connectivity index (χ1) is 15.1. The van der Waals surface area contributed by atoms with E-state index in [1.165, 1.54) is 11.3 Å². The molecule has 4 aromatic rings. The summed E-state index contributed by atoms with van der Waals surface area (Å²) in [4.78, 5) is 29.1. The molecule has 9 nitrogen and oxygen atoms in total. The number of hydrogen-bond acceptors (Lipinski definition) is 10. The van der Waals surface area contributed by atoms with E-state index in [0.717, 1.165) is 10.6 Å². The molecule has 0 aliphatic carbocycles. The maximum absolute atomic E-state index is 12.4. The summed E-state index contributed by atoms with van der Waals surface area (Å²) in [6, 6.07) is 16.9. The summed E-state index contributed by atoms with van der Waals surface area (Å²) in [5.41, 5.74) is 7.60. The summed E-state index contributed by atoms with van der Waals surface area (Å²) < 4.78 is 10.6. The minimum Gasteiger partial charge on any atom is -0.495 e. The Morgan fingerprint density at radius 1 is 1.03 bits per heavy atom. The van der Waals surface area contributed by atoms with Crippen molar-refractivity contribution < 1.29 is 14.3 Å². The number of benzene rings is 2. The van der Waals surface area contributed by atoms with E-state index >= 15 is 0 Å². The SMILES string of the molecule is COc1ccccc1Nc1nc(N)nc(COC(=O)c2csc(-c3ccccc3)n2)n1. The summed E-state index contributed by atoms with van der Waals surface area (Å²) in [6.45, 7) is -0.176. The van der Waals surface area contributed by atoms with Gasteiger partial charge in [0, 0.05) is 10.9 Å². The topological polar surface area (TPSA) is 125 Å². The second kappa shape index (κ2) is 9.18. The number of aromatic nitrogens is 4. The number of carbonyl (C=O) groups excluding carboxylic acids is 1. The van der Waals surface area contributed by atoms with E-state index in [0.29, 0.717) is 11.4 Å². The van der Waals surface area contributed by atoms with Gasteiger partial charge in [-0.25, -0.2) is 9.78 Å². The number of nitrogens with zero attached hydrogens (tertiary/aromatic N) is 4. The molecule has 0 amide bonds. The number of esters is 1. The van der Waals surface area contributed by atoms with Crippen molar-refractivity contribution in [3.63, 3.8) is 0 Å². The van der Waals surface area contributed by atoms with E-state index in [-0.39, 0.29) is 30.0 Å². The molecule has 0 fully saturated rings. The quantitative estimate of drug-likeness (QED) is 0.419. The Labute approximate surface area is 181 Å². The third-order valence-corrected chi connectivity index (χ3v) is 5.01. The molecule has 0 bridgehead atoms. The van der Waals surface area contributed by atoms with Gasteiger partial charge < -0.3 is 20.5 Å². The van der Waals surface area contributed by atoms with Gasteiger partial charge in [0.15, 0.2) is 18.1 Å². The van der Waals surface area contributed by atoms with Crippen LogP contribution in [0.5, 0.6) is 5.75 Å². The first kappa shape index (κ1) is 20.2. The Balaban J connectivity index is 1.44. The Bertz CT molecular complexity index is 1200. The molecule has 0 aliphatic rings. The van der Waals surface area contributed by atoms with Crippen LogP contribution in [0.25, 0.3) is 10.6 Å². The number of nitrogen functional groups attached to an aromatic ring is 1. The molecule has 0 atom stereocenters. The van der Waals surface area contributed by atoms with Crippen LogP contribution in [0.3, 0.4) is 0 Å². The van der Waals surface area contributed by atoms with Crippen LogP contribution in [0, 0.1) is 0 Å². The lowest BCUT2D eigenvalue weighted by molar-refractivity contribution is 0.0456. The molecule has 10 heteroatoms. The van der Waals surface area contributed by atoms with Crippen molar-refractivity contribution in [2.24, 2.45) is 0 Å². The lowest BCUT2D eigenvalue weighted by Gasteiger charge is -2.10. The van der Waals surface area contributed by atoms with E-state index in [4.69, 9.17) is 15.2 Å². The van der Waals surface area contributed by atoms with Crippen molar-refractivity contribution in [1.82, 2.24) is 19.9 Å². The van der Waals surface area contributed by atoms with E-state index in [9.17, 15) is 4.79 Å². The number of methoxy groups -OCH3 is 1. The number of hydrogen-bond donors (Lipinski definition) is 2. The minimum atomic E-state index is -0.573. The first-order valence-electron chi connectivity index (χ1n) is 9.21. The highest BCUT2D eigenvalue weighted by Gasteiger charge is 2.15. The fourth-order valence-electron chi connectivity index (χ4n) is 2.71. The average molecular weight is 434 g/mol. The van der Waals surface area contributed by atoms with Crippen molar-refractivity contribution in [2.45, 2.75) is 6.61 Å². The Morgan fingerprint density at radius 2 is 1.81 bits per heavy atom. The summed E-state index contributed by atoms with van der Waals surface area (Å²) in [5.74, 6) is 0.460. The second-order valence-corrected chi connectivity index (χ2v) is 7.10. The van der Waals surface area contributed by atoms with Gasteiger partial charge in [0.05, 0.1) is 12.8 Å². The van der Waals surface area contributed by atoms with Crippen LogP contribution in [0.4, 0.5) is 17.6 Å².